The van der Waals surface area contributed by atoms with Crippen molar-refractivity contribution < 1.29 is 9.21 Å². The number of nitrogens with one attached hydrogen (secondary N) is 1. The maximum Gasteiger partial charge on any atom is 0.291 e. The standard InChI is InChI=1S/C25H27N7O2/c1-15-21-19(31-32-24(26)27)13-25(2,3)14-20(21)34-22(15)23(33)28-16-9-11-18(12-10-16)30-29-17-7-5-4-6-8-17/h4-12H,13-14H2,1-3H3,(H,28,33)(H4,26,27,32)/b30-29?,31-19-. The first kappa shape index (κ1) is 22.9. The van der Waals surface area contributed by atoms with Gasteiger partial charge in [0, 0.05) is 23.2 Å². The number of nitrogens with two attached hydrogens (primary N) is 2. The van der Waals surface area contributed by atoms with Crippen LogP contribution in [-0.4, -0.2) is 17.6 Å². The van der Waals surface area contributed by atoms with Crippen molar-refractivity contribution in [1.82, 2.24) is 0 Å². The van der Waals surface area contributed by atoms with Crippen molar-refractivity contribution in [3.05, 3.63) is 77.2 Å². The van der Waals surface area contributed by atoms with Crippen LogP contribution >= 0.6 is 0 Å². The van der Waals surface area contributed by atoms with E-state index < -0.39 is 0 Å². The number of guanidine groups is 1. The van der Waals surface area contributed by atoms with Gasteiger partial charge in [-0.15, -0.1) is 5.10 Å². The number of fused-ring (bicyclic) bond motifs is 1. The molecule has 3 aromatic rings. The zero-order chi connectivity index (χ0) is 24.3. The lowest BCUT2D eigenvalue weighted by Crippen LogP contribution is -2.27. The highest BCUT2D eigenvalue weighted by molar-refractivity contribution is 6.09. The van der Waals surface area contributed by atoms with Crippen molar-refractivity contribution in [2.24, 2.45) is 37.3 Å². The number of amides is 1. The third-order valence-corrected chi connectivity index (χ3v) is 5.45. The molecule has 0 spiro atoms. The van der Waals surface area contributed by atoms with Gasteiger partial charge in [0.2, 0.25) is 5.96 Å². The minimum absolute atomic E-state index is 0.104. The van der Waals surface area contributed by atoms with E-state index in [-0.39, 0.29) is 23.0 Å². The minimum Gasteiger partial charge on any atom is -0.455 e. The molecule has 0 saturated heterocycles. The van der Waals surface area contributed by atoms with Crippen molar-refractivity contribution in [2.75, 3.05) is 5.32 Å². The summed E-state index contributed by atoms with van der Waals surface area (Å²) >= 11 is 0. The van der Waals surface area contributed by atoms with Crippen LogP contribution < -0.4 is 16.8 Å². The highest BCUT2D eigenvalue weighted by Gasteiger charge is 2.36. The summed E-state index contributed by atoms with van der Waals surface area (Å²) in [6, 6.07) is 16.6. The smallest absolute Gasteiger partial charge is 0.291 e. The lowest BCUT2D eigenvalue weighted by molar-refractivity contribution is 0.0993. The molecule has 9 nitrogen and oxygen atoms in total. The zero-order valence-corrected chi connectivity index (χ0v) is 19.4. The fourth-order valence-corrected chi connectivity index (χ4v) is 3.94. The van der Waals surface area contributed by atoms with E-state index in [4.69, 9.17) is 15.9 Å². The molecule has 1 amide bonds. The van der Waals surface area contributed by atoms with Gasteiger partial charge in [0.15, 0.2) is 5.76 Å². The van der Waals surface area contributed by atoms with Gasteiger partial charge >= 0.3 is 0 Å². The SMILES string of the molecule is Cc1c(C(=O)Nc2ccc(N=Nc3ccccc3)cc2)oc2c1/C(=N\N=C(N)N)CC(C)(C)C2. The zero-order valence-electron chi connectivity index (χ0n) is 19.4. The molecular formula is C25H27N7O2. The summed E-state index contributed by atoms with van der Waals surface area (Å²) in [5.41, 5.74) is 15.1. The molecule has 9 heteroatoms. The number of hydrogen-bond acceptors (Lipinski definition) is 6. The average molecular weight is 458 g/mol. The molecule has 0 radical (unpaired) electrons. The van der Waals surface area contributed by atoms with Crippen LogP contribution in [0.1, 0.15) is 47.7 Å². The summed E-state index contributed by atoms with van der Waals surface area (Å²) in [4.78, 5) is 13.0. The van der Waals surface area contributed by atoms with E-state index >= 15 is 0 Å². The second kappa shape index (κ2) is 9.30. The Balaban J connectivity index is 1.54. The van der Waals surface area contributed by atoms with Gasteiger partial charge in [-0.05, 0) is 55.2 Å². The number of carbonyl (C=O) groups excluding carboxylic acids is 1. The number of benzene rings is 2. The molecular weight excluding hydrogens is 430 g/mol. The first-order chi connectivity index (χ1) is 16.2. The van der Waals surface area contributed by atoms with Gasteiger partial charge < -0.3 is 21.2 Å². The number of furan rings is 1. The molecule has 174 valence electrons. The molecule has 4 rings (SSSR count). The lowest BCUT2D eigenvalue weighted by Gasteiger charge is -2.29. The topological polar surface area (TPSA) is 144 Å². The van der Waals surface area contributed by atoms with E-state index in [2.05, 4.69) is 39.6 Å². The molecule has 0 saturated carbocycles. The average Bonchev–Trinajstić information content (AvgIpc) is 3.12. The monoisotopic (exact) mass is 457 g/mol. The van der Waals surface area contributed by atoms with Gasteiger partial charge in [-0.25, -0.2) is 0 Å². The lowest BCUT2D eigenvalue weighted by atomic mass is 9.75. The predicted octanol–water partition coefficient (Wildman–Crippen LogP) is 5.21. The van der Waals surface area contributed by atoms with Crippen LogP contribution in [-0.2, 0) is 6.42 Å². The fraction of sp³-hybridized carbons (Fsp3) is 0.240. The first-order valence-corrected chi connectivity index (χ1v) is 10.9. The fourth-order valence-electron chi connectivity index (χ4n) is 3.94. The number of anilines is 1. The Bertz CT molecular complexity index is 1280. The molecule has 34 heavy (non-hydrogen) atoms. The maximum atomic E-state index is 13.0. The molecule has 0 atom stereocenters. The van der Waals surface area contributed by atoms with Crippen LogP contribution in [0.25, 0.3) is 0 Å². The molecule has 1 heterocycles. The quantitative estimate of drug-likeness (QED) is 0.209. The minimum atomic E-state index is -0.343. The van der Waals surface area contributed by atoms with Crippen molar-refractivity contribution in [3.8, 4) is 0 Å². The van der Waals surface area contributed by atoms with Crippen LogP contribution in [0.2, 0.25) is 0 Å². The number of rotatable bonds is 5. The number of azo groups is 1. The Morgan fingerprint density at radius 2 is 1.62 bits per heavy atom. The van der Waals surface area contributed by atoms with Crippen LogP contribution in [0, 0.1) is 12.3 Å². The van der Waals surface area contributed by atoms with Crippen LogP contribution in [0.4, 0.5) is 17.1 Å². The Morgan fingerprint density at radius 3 is 2.26 bits per heavy atom. The Hall–Kier alpha value is -4.27. The molecule has 5 N–H and O–H groups in total. The van der Waals surface area contributed by atoms with E-state index in [1.165, 1.54) is 0 Å². The summed E-state index contributed by atoms with van der Waals surface area (Å²) in [5.74, 6) is 0.487. The molecule has 2 aromatic carbocycles. The highest BCUT2D eigenvalue weighted by Crippen LogP contribution is 2.39. The van der Waals surface area contributed by atoms with Gasteiger partial charge in [-0.1, -0.05) is 32.0 Å². The van der Waals surface area contributed by atoms with Gasteiger partial charge in [0.25, 0.3) is 5.91 Å². The van der Waals surface area contributed by atoms with E-state index in [0.29, 0.717) is 41.3 Å². The van der Waals surface area contributed by atoms with Crippen molar-refractivity contribution >= 4 is 34.6 Å². The first-order valence-electron chi connectivity index (χ1n) is 10.9. The Morgan fingerprint density at radius 1 is 0.971 bits per heavy atom. The van der Waals surface area contributed by atoms with Crippen LogP contribution in [0.15, 0.2) is 79.4 Å². The number of carbonyl (C=O) groups is 1. The molecule has 1 aliphatic rings. The number of nitrogens with zero attached hydrogens (tertiary/aromatic N) is 4. The van der Waals surface area contributed by atoms with Gasteiger partial charge in [-0.2, -0.15) is 15.3 Å². The van der Waals surface area contributed by atoms with Gasteiger partial charge in [-0.3, -0.25) is 4.79 Å². The van der Waals surface area contributed by atoms with Crippen molar-refractivity contribution in [2.45, 2.75) is 33.6 Å². The third kappa shape index (κ3) is 5.20. The summed E-state index contributed by atoms with van der Waals surface area (Å²) in [5, 5.41) is 19.3. The largest absolute Gasteiger partial charge is 0.455 e. The molecule has 1 aromatic heterocycles. The summed E-state index contributed by atoms with van der Waals surface area (Å²) in [6.45, 7) is 6.05. The summed E-state index contributed by atoms with van der Waals surface area (Å²) in [6.07, 6.45) is 1.34. The van der Waals surface area contributed by atoms with Crippen LogP contribution in [0.5, 0.6) is 0 Å². The van der Waals surface area contributed by atoms with E-state index in [9.17, 15) is 4.79 Å². The molecule has 0 bridgehead atoms. The second-order valence-electron chi connectivity index (χ2n) is 8.98. The van der Waals surface area contributed by atoms with E-state index in [1.807, 2.05) is 37.3 Å². The molecule has 1 aliphatic carbocycles. The van der Waals surface area contributed by atoms with Crippen molar-refractivity contribution in [1.29, 1.82) is 0 Å². The molecule has 0 fully saturated rings. The van der Waals surface area contributed by atoms with Crippen molar-refractivity contribution in [3.63, 3.8) is 0 Å². The summed E-state index contributed by atoms with van der Waals surface area (Å²) in [7, 11) is 0. The van der Waals surface area contributed by atoms with E-state index in [0.717, 1.165) is 11.3 Å². The normalized spacial score (nSPS) is 15.8. The molecule has 0 unspecified atom stereocenters. The molecule has 0 aliphatic heterocycles. The highest BCUT2D eigenvalue weighted by atomic mass is 16.4. The predicted molar refractivity (Wildman–Crippen MR) is 133 cm³/mol. The van der Waals surface area contributed by atoms with E-state index in [1.54, 1.807) is 24.3 Å². The Kier molecular flexibility index (Phi) is 6.27. The van der Waals surface area contributed by atoms with Gasteiger partial charge in [0.05, 0.1) is 17.1 Å². The third-order valence-electron chi connectivity index (χ3n) is 5.45. The summed E-state index contributed by atoms with van der Waals surface area (Å²) < 4.78 is 6.02. The maximum absolute atomic E-state index is 13.0. The second-order valence-corrected chi connectivity index (χ2v) is 8.98. The number of hydrogen-bond donors (Lipinski definition) is 3. The Labute approximate surface area is 197 Å². The van der Waals surface area contributed by atoms with Crippen LogP contribution in [0.3, 0.4) is 0 Å². The van der Waals surface area contributed by atoms with Gasteiger partial charge in [0.1, 0.15) is 5.76 Å².